The van der Waals surface area contributed by atoms with E-state index in [1.165, 1.54) is 250 Å². The standard InChI is InChI=1S/C60H119NO9/c1-3-5-7-9-11-13-15-17-19-20-21-22-23-24-25-26-27-28-29-30-31-32-33-35-37-39-41-43-45-47-49-55(64)61-52(51-69-60-59(68)58(67)57(66)54(50-62)70-60)56(65)53(63)48-46-44-42-40-38-36-34-18-16-14-12-10-8-6-4-2/h52-54,56-60,62-63,65-68H,3-51H2,1-2H3,(H,61,64)/t52-,53+,54+,56-,57-,58?,59?,60+/m0/s1. The number of aliphatic hydroxyl groups is 6. The lowest BCUT2D eigenvalue weighted by molar-refractivity contribution is -0.303. The molecule has 0 aliphatic carbocycles. The third-order valence-electron chi connectivity index (χ3n) is 15.3. The van der Waals surface area contributed by atoms with Crippen LogP contribution in [0.1, 0.15) is 316 Å². The zero-order chi connectivity index (χ0) is 51.0. The summed E-state index contributed by atoms with van der Waals surface area (Å²) in [5, 5.41) is 65.6. The van der Waals surface area contributed by atoms with E-state index in [0.717, 1.165) is 38.5 Å². The first kappa shape index (κ1) is 67.2. The monoisotopic (exact) mass is 998 g/mol. The molecule has 7 N–H and O–H groups in total. The topological polar surface area (TPSA) is 169 Å². The normalized spacial score (nSPS) is 19.7. The second-order valence-electron chi connectivity index (χ2n) is 22.0. The lowest BCUT2D eigenvalue weighted by atomic mass is 9.98. The van der Waals surface area contributed by atoms with Crippen LogP contribution in [0.3, 0.4) is 0 Å². The smallest absolute Gasteiger partial charge is 0.220 e. The third-order valence-corrected chi connectivity index (χ3v) is 15.3. The average molecular weight is 999 g/mol. The Morgan fingerprint density at radius 3 is 1.06 bits per heavy atom. The van der Waals surface area contributed by atoms with Crippen LogP contribution in [0.2, 0.25) is 0 Å². The number of carbonyl (C=O) groups is 1. The van der Waals surface area contributed by atoms with Gasteiger partial charge in [-0.2, -0.15) is 0 Å². The van der Waals surface area contributed by atoms with E-state index < -0.39 is 55.6 Å². The Hall–Kier alpha value is -0.850. The summed E-state index contributed by atoms with van der Waals surface area (Å²) >= 11 is 0. The minimum absolute atomic E-state index is 0.249. The molecule has 0 radical (unpaired) electrons. The summed E-state index contributed by atoms with van der Waals surface area (Å²) in [5.41, 5.74) is 0. The average Bonchev–Trinajstić information content (AvgIpc) is 3.36. The van der Waals surface area contributed by atoms with E-state index in [9.17, 15) is 35.4 Å². The number of hydrogen-bond acceptors (Lipinski definition) is 9. The highest BCUT2D eigenvalue weighted by Gasteiger charge is 2.44. The first-order valence-corrected chi connectivity index (χ1v) is 30.8. The number of nitrogens with one attached hydrogen (secondary N) is 1. The minimum atomic E-state index is -1.60. The molecule has 1 saturated heterocycles. The van der Waals surface area contributed by atoms with Crippen molar-refractivity contribution >= 4 is 5.91 Å². The van der Waals surface area contributed by atoms with Crippen LogP contribution in [-0.2, 0) is 14.3 Å². The molecule has 0 aromatic heterocycles. The molecule has 2 unspecified atom stereocenters. The Labute approximate surface area is 432 Å². The molecule has 10 heteroatoms. The van der Waals surface area contributed by atoms with Crippen LogP contribution in [0.4, 0.5) is 0 Å². The van der Waals surface area contributed by atoms with Crippen molar-refractivity contribution < 1.29 is 44.9 Å². The zero-order valence-electron chi connectivity index (χ0n) is 46.2. The molecule has 0 saturated carbocycles. The number of ether oxygens (including phenoxy) is 2. The SMILES string of the molecule is CCCCCCCCCCCCCCCCCCCCCCCCCCCCCCCCC(=O)N[C@@H](CO[C@@H]1O[C@H](CO)[C@H](O)C(O)C1O)[C@H](O)[C@H](O)CCCCCCCCCCCCCCCCC. The van der Waals surface area contributed by atoms with Gasteiger partial charge in [-0.3, -0.25) is 4.79 Å². The Kier molecular flexibility index (Phi) is 48.3. The molecule has 0 bridgehead atoms. The fourth-order valence-electron chi connectivity index (χ4n) is 10.4. The fraction of sp³-hybridized carbons (Fsp3) is 0.983. The summed E-state index contributed by atoms with van der Waals surface area (Å²) in [6, 6.07) is -0.986. The van der Waals surface area contributed by atoms with Gasteiger partial charge in [-0.15, -0.1) is 0 Å². The molecule has 8 atom stereocenters. The first-order chi connectivity index (χ1) is 34.3. The number of hydrogen-bond donors (Lipinski definition) is 7. The Bertz CT molecular complexity index is 1080. The number of rotatable bonds is 54. The molecule has 0 aromatic carbocycles. The maximum atomic E-state index is 13.1. The van der Waals surface area contributed by atoms with Gasteiger partial charge in [0.15, 0.2) is 6.29 Å². The van der Waals surface area contributed by atoms with Gasteiger partial charge < -0.3 is 45.4 Å². The molecule has 1 amide bonds. The molecule has 0 aromatic rings. The molecule has 1 aliphatic rings. The Morgan fingerprint density at radius 1 is 0.443 bits per heavy atom. The van der Waals surface area contributed by atoms with Crippen LogP contribution in [0, 0.1) is 0 Å². The summed E-state index contributed by atoms with van der Waals surface area (Å²) in [4.78, 5) is 13.1. The summed E-state index contributed by atoms with van der Waals surface area (Å²) in [5.74, 6) is -0.249. The highest BCUT2D eigenvalue weighted by Crippen LogP contribution is 2.24. The summed E-state index contributed by atoms with van der Waals surface area (Å²) < 4.78 is 11.2. The van der Waals surface area contributed by atoms with Gasteiger partial charge in [0.2, 0.25) is 5.91 Å². The van der Waals surface area contributed by atoms with Crippen molar-refractivity contribution in [3.8, 4) is 0 Å². The van der Waals surface area contributed by atoms with E-state index >= 15 is 0 Å². The van der Waals surface area contributed by atoms with Crippen LogP contribution < -0.4 is 5.32 Å². The second-order valence-corrected chi connectivity index (χ2v) is 22.0. The summed E-state index contributed by atoms with van der Waals surface area (Å²) in [6.07, 6.45) is 50.0. The Balaban J connectivity index is 2.15. The Morgan fingerprint density at radius 2 is 0.743 bits per heavy atom. The van der Waals surface area contributed by atoms with Crippen LogP contribution in [0.15, 0.2) is 0 Å². The summed E-state index contributed by atoms with van der Waals surface area (Å²) in [7, 11) is 0. The molecule has 418 valence electrons. The highest BCUT2D eigenvalue weighted by atomic mass is 16.7. The van der Waals surface area contributed by atoms with Crippen LogP contribution in [0.5, 0.6) is 0 Å². The van der Waals surface area contributed by atoms with E-state index in [4.69, 9.17) is 9.47 Å². The maximum Gasteiger partial charge on any atom is 0.220 e. The molecule has 1 fully saturated rings. The maximum absolute atomic E-state index is 13.1. The van der Waals surface area contributed by atoms with Crippen molar-refractivity contribution in [3.05, 3.63) is 0 Å². The van der Waals surface area contributed by atoms with E-state index in [1.807, 2.05) is 0 Å². The van der Waals surface area contributed by atoms with Gasteiger partial charge in [0.05, 0.1) is 25.4 Å². The van der Waals surface area contributed by atoms with Crippen LogP contribution in [0.25, 0.3) is 0 Å². The molecule has 1 rings (SSSR count). The number of amides is 1. The van der Waals surface area contributed by atoms with Gasteiger partial charge in [-0.05, 0) is 12.8 Å². The van der Waals surface area contributed by atoms with Crippen molar-refractivity contribution in [3.63, 3.8) is 0 Å². The van der Waals surface area contributed by atoms with Gasteiger partial charge in [-0.1, -0.05) is 296 Å². The third kappa shape index (κ3) is 38.7. The highest BCUT2D eigenvalue weighted by molar-refractivity contribution is 5.76. The first-order valence-electron chi connectivity index (χ1n) is 30.8. The van der Waals surface area contributed by atoms with Crippen LogP contribution in [-0.4, -0.2) is 98.7 Å². The van der Waals surface area contributed by atoms with E-state index in [0.29, 0.717) is 6.42 Å². The van der Waals surface area contributed by atoms with Crippen molar-refractivity contribution in [1.29, 1.82) is 0 Å². The van der Waals surface area contributed by atoms with Crippen LogP contribution >= 0.6 is 0 Å². The predicted octanol–water partition coefficient (Wildman–Crippen LogP) is 14.4. The molecular formula is C60H119NO9. The van der Waals surface area contributed by atoms with Gasteiger partial charge in [0, 0.05) is 6.42 Å². The number of unbranched alkanes of at least 4 members (excludes halogenated alkanes) is 43. The van der Waals surface area contributed by atoms with Gasteiger partial charge in [0.25, 0.3) is 0 Å². The van der Waals surface area contributed by atoms with Gasteiger partial charge in [0.1, 0.15) is 30.5 Å². The minimum Gasteiger partial charge on any atom is -0.394 e. The number of aliphatic hydroxyl groups excluding tert-OH is 6. The molecule has 70 heavy (non-hydrogen) atoms. The zero-order valence-corrected chi connectivity index (χ0v) is 46.2. The number of carbonyl (C=O) groups excluding carboxylic acids is 1. The lowest BCUT2D eigenvalue weighted by Gasteiger charge is -2.40. The quantitative estimate of drug-likeness (QED) is 0.0293. The largest absolute Gasteiger partial charge is 0.394 e. The summed E-state index contributed by atoms with van der Waals surface area (Å²) in [6.45, 7) is 3.66. The van der Waals surface area contributed by atoms with Gasteiger partial charge >= 0.3 is 0 Å². The second kappa shape index (κ2) is 50.3. The molecular weight excluding hydrogens is 879 g/mol. The van der Waals surface area contributed by atoms with E-state index in [-0.39, 0.29) is 18.9 Å². The fourth-order valence-corrected chi connectivity index (χ4v) is 10.4. The van der Waals surface area contributed by atoms with Crippen molar-refractivity contribution in [2.75, 3.05) is 13.2 Å². The van der Waals surface area contributed by atoms with E-state index in [2.05, 4.69) is 19.2 Å². The molecule has 10 nitrogen and oxygen atoms in total. The van der Waals surface area contributed by atoms with Crippen molar-refractivity contribution in [1.82, 2.24) is 5.32 Å². The molecule has 1 heterocycles. The van der Waals surface area contributed by atoms with Gasteiger partial charge in [-0.25, -0.2) is 0 Å². The van der Waals surface area contributed by atoms with Crippen molar-refractivity contribution in [2.24, 2.45) is 0 Å². The molecule has 1 aliphatic heterocycles. The molecule has 0 spiro atoms. The van der Waals surface area contributed by atoms with Crippen molar-refractivity contribution in [2.45, 2.75) is 365 Å². The predicted molar refractivity (Wildman–Crippen MR) is 292 cm³/mol. The lowest BCUT2D eigenvalue weighted by Crippen LogP contribution is -2.60. The van der Waals surface area contributed by atoms with E-state index in [1.54, 1.807) is 0 Å².